The molecule has 0 spiro atoms. The first-order chi connectivity index (χ1) is 13.6. The van der Waals surface area contributed by atoms with Crippen LogP contribution in [0.5, 0.6) is 5.75 Å². The summed E-state index contributed by atoms with van der Waals surface area (Å²) in [7, 11) is -3.78. The zero-order valence-electron chi connectivity index (χ0n) is 15.0. The Morgan fingerprint density at radius 3 is 2.34 bits per heavy atom. The Kier molecular flexibility index (Phi) is 7.25. The summed E-state index contributed by atoms with van der Waals surface area (Å²) in [5.41, 5.74) is 4.78. The molecular formula is C19H17F3N2O4S. The Balaban J connectivity index is 1.84. The molecule has 0 aliphatic carbocycles. The lowest BCUT2D eigenvalue weighted by atomic mass is 10.1. The minimum atomic E-state index is -4.48. The van der Waals surface area contributed by atoms with Crippen LogP contribution in [-0.2, 0) is 22.0 Å². The number of carbonyl (C=O) groups excluding carboxylic acids is 1. The van der Waals surface area contributed by atoms with Crippen LogP contribution in [0.2, 0.25) is 0 Å². The molecule has 2 rings (SSSR count). The number of para-hydroxylation sites is 1. The lowest BCUT2D eigenvalue weighted by molar-refractivity contribution is -0.137. The number of hydrogen-bond donors (Lipinski definition) is 2. The molecular weight excluding hydrogens is 409 g/mol. The Hall–Kier alpha value is -3.03. The number of carbonyl (C=O) groups is 1. The van der Waals surface area contributed by atoms with Crippen LogP contribution in [0.4, 0.5) is 13.2 Å². The van der Waals surface area contributed by atoms with Gasteiger partial charge in [-0.15, -0.1) is 0 Å². The average molecular weight is 426 g/mol. The van der Waals surface area contributed by atoms with Crippen molar-refractivity contribution in [2.45, 2.75) is 11.9 Å². The minimum absolute atomic E-state index is 0.0923. The molecule has 0 saturated heterocycles. The van der Waals surface area contributed by atoms with Gasteiger partial charge in [0.1, 0.15) is 12.4 Å². The number of sulfonamides is 1. The third-order valence-corrected chi connectivity index (χ3v) is 4.89. The summed E-state index contributed by atoms with van der Waals surface area (Å²) in [6.07, 6.45) is -4.48. The van der Waals surface area contributed by atoms with E-state index in [2.05, 4.69) is 16.6 Å². The zero-order chi connectivity index (χ0) is 21.5. The number of nitrogens with one attached hydrogen (secondary N) is 1. The van der Waals surface area contributed by atoms with Crippen molar-refractivity contribution >= 4 is 15.9 Å². The van der Waals surface area contributed by atoms with Gasteiger partial charge >= 0.3 is 6.18 Å². The molecule has 0 heterocycles. The van der Waals surface area contributed by atoms with E-state index in [9.17, 15) is 26.4 Å². The Morgan fingerprint density at radius 2 is 1.72 bits per heavy atom. The van der Waals surface area contributed by atoms with Crippen LogP contribution in [-0.4, -0.2) is 27.5 Å². The molecule has 0 radical (unpaired) electrons. The number of nitrogens with two attached hydrogens (primary N) is 1. The van der Waals surface area contributed by atoms with E-state index in [4.69, 9.17) is 10.5 Å². The van der Waals surface area contributed by atoms with E-state index in [1.807, 2.05) is 0 Å². The molecule has 29 heavy (non-hydrogen) atoms. The van der Waals surface area contributed by atoms with Crippen LogP contribution in [0.1, 0.15) is 21.5 Å². The number of hydrogen-bond acceptors (Lipinski definition) is 4. The Labute approximate surface area is 165 Å². The van der Waals surface area contributed by atoms with Crippen LogP contribution in [0, 0.1) is 11.8 Å². The van der Waals surface area contributed by atoms with Crippen molar-refractivity contribution in [1.82, 2.24) is 4.72 Å². The summed E-state index contributed by atoms with van der Waals surface area (Å²) in [6, 6.07) is 10.2. The van der Waals surface area contributed by atoms with Crippen LogP contribution in [0.25, 0.3) is 0 Å². The number of halogens is 3. The lowest BCUT2D eigenvalue weighted by Crippen LogP contribution is -2.25. The third kappa shape index (κ3) is 7.14. The summed E-state index contributed by atoms with van der Waals surface area (Å²) >= 11 is 0. The van der Waals surface area contributed by atoms with E-state index < -0.39 is 33.4 Å². The topological polar surface area (TPSA) is 98.5 Å². The monoisotopic (exact) mass is 426 g/mol. The lowest BCUT2D eigenvalue weighted by Gasteiger charge is -2.08. The van der Waals surface area contributed by atoms with E-state index in [1.54, 1.807) is 18.2 Å². The fraction of sp³-hybridized carbons (Fsp3) is 0.211. The summed E-state index contributed by atoms with van der Waals surface area (Å²) < 4.78 is 69.0. The molecule has 2 aromatic carbocycles. The molecule has 2 aromatic rings. The molecule has 0 aliphatic rings. The second kappa shape index (κ2) is 9.45. The van der Waals surface area contributed by atoms with Gasteiger partial charge < -0.3 is 10.5 Å². The average Bonchev–Trinajstić information content (AvgIpc) is 2.64. The molecule has 0 saturated carbocycles. The molecule has 0 aromatic heterocycles. The fourth-order valence-electron chi connectivity index (χ4n) is 2.23. The first-order valence-corrected chi connectivity index (χ1v) is 9.84. The van der Waals surface area contributed by atoms with E-state index in [0.717, 1.165) is 24.3 Å². The maximum atomic E-state index is 12.5. The first kappa shape index (κ1) is 22.3. The van der Waals surface area contributed by atoms with Gasteiger partial charge in [0.25, 0.3) is 5.91 Å². The van der Waals surface area contributed by atoms with Crippen LogP contribution in [0.3, 0.4) is 0 Å². The number of alkyl halides is 3. The molecule has 0 atom stereocenters. The molecule has 0 aliphatic heterocycles. The van der Waals surface area contributed by atoms with Gasteiger partial charge in [-0.25, -0.2) is 13.1 Å². The van der Waals surface area contributed by atoms with Gasteiger partial charge in [-0.05, 0) is 29.8 Å². The molecule has 0 bridgehead atoms. The Bertz CT molecular complexity index is 1020. The zero-order valence-corrected chi connectivity index (χ0v) is 15.8. The van der Waals surface area contributed by atoms with Crippen molar-refractivity contribution in [3.05, 3.63) is 65.2 Å². The molecule has 0 fully saturated rings. The molecule has 3 N–H and O–H groups in total. The maximum Gasteiger partial charge on any atom is 0.416 e. The smallest absolute Gasteiger partial charge is 0.416 e. The number of rotatable bonds is 7. The van der Waals surface area contributed by atoms with Crippen molar-refractivity contribution in [3.63, 3.8) is 0 Å². The van der Waals surface area contributed by atoms with Gasteiger partial charge in [-0.1, -0.05) is 36.1 Å². The molecule has 1 amide bonds. The highest BCUT2D eigenvalue weighted by molar-refractivity contribution is 7.88. The van der Waals surface area contributed by atoms with Gasteiger partial charge in [0, 0.05) is 0 Å². The first-order valence-electron chi connectivity index (χ1n) is 8.19. The second-order valence-electron chi connectivity index (χ2n) is 5.78. The standard InChI is InChI=1S/C19H17F3N2O4S/c20-19(21,22)15-9-7-14(8-10-15)13-29(26,27)24-11-3-4-12-28-17-6-2-1-5-16(17)18(23)25/h1-2,5-10,24H,11-13H2,(H2,23,25). The summed E-state index contributed by atoms with van der Waals surface area (Å²) in [4.78, 5) is 11.3. The minimum Gasteiger partial charge on any atom is -0.480 e. The van der Waals surface area contributed by atoms with Gasteiger partial charge in [-0.2, -0.15) is 13.2 Å². The normalized spacial score (nSPS) is 11.4. The fourth-order valence-corrected chi connectivity index (χ4v) is 3.26. The van der Waals surface area contributed by atoms with Gasteiger partial charge in [-0.3, -0.25) is 4.79 Å². The van der Waals surface area contributed by atoms with Crippen molar-refractivity contribution in [2.24, 2.45) is 5.73 Å². The van der Waals surface area contributed by atoms with Gasteiger partial charge in [0.15, 0.2) is 0 Å². The molecule has 10 heteroatoms. The number of benzene rings is 2. The van der Waals surface area contributed by atoms with Crippen LogP contribution in [0.15, 0.2) is 48.5 Å². The number of ether oxygens (including phenoxy) is 1. The highest BCUT2D eigenvalue weighted by atomic mass is 32.2. The maximum absolute atomic E-state index is 12.5. The SMILES string of the molecule is NC(=O)c1ccccc1OCC#CCNS(=O)(=O)Cc1ccc(C(F)(F)F)cc1. The van der Waals surface area contributed by atoms with E-state index >= 15 is 0 Å². The van der Waals surface area contributed by atoms with Crippen molar-refractivity contribution in [3.8, 4) is 17.6 Å². The van der Waals surface area contributed by atoms with E-state index in [-0.39, 0.29) is 30.0 Å². The van der Waals surface area contributed by atoms with Crippen molar-refractivity contribution in [2.75, 3.05) is 13.2 Å². The van der Waals surface area contributed by atoms with E-state index in [0.29, 0.717) is 0 Å². The highest BCUT2D eigenvalue weighted by Gasteiger charge is 2.30. The predicted molar refractivity (Wildman–Crippen MR) is 100 cm³/mol. The highest BCUT2D eigenvalue weighted by Crippen LogP contribution is 2.29. The summed E-state index contributed by atoms with van der Waals surface area (Å²) in [5, 5.41) is 0. The summed E-state index contributed by atoms with van der Waals surface area (Å²) in [6.45, 7) is -0.297. The third-order valence-electron chi connectivity index (χ3n) is 3.60. The van der Waals surface area contributed by atoms with Crippen molar-refractivity contribution in [1.29, 1.82) is 0 Å². The van der Waals surface area contributed by atoms with Crippen LogP contribution >= 0.6 is 0 Å². The largest absolute Gasteiger partial charge is 0.480 e. The quantitative estimate of drug-likeness (QED) is 0.664. The number of amides is 1. The Morgan fingerprint density at radius 1 is 1.07 bits per heavy atom. The van der Waals surface area contributed by atoms with Crippen LogP contribution < -0.4 is 15.2 Å². The number of primary amides is 1. The molecule has 6 nitrogen and oxygen atoms in total. The van der Waals surface area contributed by atoms with E-state index in [1.165, 1.54) is 6.07 Å². The van der Waals surface area contributed by atoms with Gasteiger partial charge in [0.2, 0.25) is 10.0 Å². The predicted octanol–water partition coefficient (Wildman–Crippen LogP) is 2.31. The summed E-state index contributed by atoms with van der Waals surface area (Å²) in [5.74, 6) is 4.27. The second-order valence-corrected chi connectivity index (χ2v) is 7.58. The molecule has 154 valence electrons. The molecule has 0 unspecified atom stereocenters. The van der Waals surface area contributed by atoms with Gasteiger partial charge in [0.05, 0.1) is 23.4 Å². The van der Waals surface area contributed by atoms with Crippen molar-refractivity contribution < 1.29 is 31.1 Å².